The maximum Gasteiger partial charge on any atom is 0.0638 e. The Morgan fingerprint density at radius 2 is 2.33 bits per heavy atom. The first kappa shape index (κ1) is 12.4. The van der Waals surface area contributed by atoms with Crippen LogP contribution in [0.15, 0.2) is 6.20 Å². The minimum Gasteiger partial charge on any atom is -0.312 e. The molecular formula is C10H19N3OS. The molecule has 1 rings (SSSR count). The lowest BCUT2D eigenvalue weighted by Gasteiger charge is -2.02. The summed E-state index contributed by atoms with van der Waals surface area (Å²) >= 11 is 0. The van der Waals surface area contributed by atoms with Crippen molar-refractivity contribution in [2.75, 3.05) is 18.1 Å². The van der Waals surface area contributed by atoms with Gasteiger partial charge in [0, 0.05) is 54.2 Å². The lowest BCUT2D eigenvalue weighted by Crippen LogP contribution is -2.20. The maximum atomic E-state index is 11.1. The summed E-state index contributed by atoms with van der Waals surface area (Å²) in [6, 6.07) is 0. The van der Waals surface area contributed by atoms with Crippen LogP contribution in [0.3, 0.4) is 0 Å². The molecule has 1 unspecified atom stereocenters. The molecule has 0 radical (unpaired) electrons. The van der Waals surface area contributed by atoms with Gasteiger partial charge in [0.25, 0.3) is 0 Å². The highest BCUT2D eigenvalue weighted by Crippen LogP contribution is 2.03. The van der Waals surface area contributed by atoms with Crippen LogP contribution >= 0.6 is 0 Å². The van der Waals surface area contributed by atoms with Crippen LogP contribution in [0.4, 0.5) is 0 Å². The predicted molar refractivity (Wildman–Crippen MR) is 63.2 cm³/mol. The van der Waals surface area contributed by atoms with Gasteiger partial charge < -0.3 is 5.32 Å². The minimum absolute atomic E-state index is 0.668. The van der Waals surface area contributed by atoms with E-state index in [0.29, 0.717) is 0 Å². The third-order valence-corrected chi connectivity index (χ3v) is 3.56. The van der Waals surface area contributed by atoms with Crippen LogP contribution in [0.2, 0.25) is 0 Å². The molecule has 0 saturated heterocycles. The Kier molecular flexibility index (Phi) is 4.98. The van der Waals surface area contributed by atoms with Crippen LogP contribution in [-0.2, 0) is 24.4 Å². The summed E-state index contributed by atoms with van der Waals surface area (Å²) in [4.78, 5) is 0. The summed E-state index contributed by atoms with van der Waals surface area (Å²) in [6.07, 6.45) is 2.01. The first-order valence-electron chi connectivity index (χ1n) is 5.18. The van der Waals surface area contributed by atoms with E-state index in [9.17, 15) is 4.21 Å². The van der Waals surface area contributed by atoms with Gasteiger partial charge in [-0.15, -0.1) is 0 Å². The molecule has 0 spiro atoms. The van der Waals surface area contributed by atoms with E-state index in [1.165, 1.54) is 5.56 Å². The summed E-state index contributed by atoms with van der Waals surface area (Å²) in [5, 5.41) is 7.53. The molecule has 5 heteroatoms. The van der Waals surface area contributed by atoms with Crippen molar-refractivity contribution in [3.8, 4) is 0 Å². The zero-order valence-corrected chi connectivity index (χ0v) is 10.4. The van der Waals surface area contributed by atoms with Crippen molar-refractivity contribution in [3.63, 3.8) is 0 Å². The van der Waals surface area contributed by atoms with E-state index in [1.807, 2.05) is 31.8 Å². The second-order valence-corrected chi connectivity index (χ2v) is 5.39. The van der Waals surface area contributed by atoms with E-state index < -0.39 is 10.8 Å². The van der Waals surface area contributed by atoms with Crippen molar-refractivity contribution in [1.82, 2.24) is 15.1 Å². The summed E-state index contributed by atoms with van der Waals surface area (Å²) in [5.41, 5.74) is 2.27. The van der Waals surface area contributed by atoms with E-state index in [0.717, 1.165) is 30.3 Å². The number of aromatic nitrogens is 2. The molecule has 0 saturated carbocycles. The fraction of sp³-hybridized carbons (Fsp3) is 0.700. The van der Waals surface area contributed by atoms with Gasteiger partial charge in [0.05, 0.1) is 5.69 Å². The number of aryl methyl sites for hydroxylation is 2. The highest BCUT2D eigenvalue weighted by atomic mass is 32.2. The second-order valence-electron chi connectivity index (χ2n) is 3.52. The average Bonchev–Trinajstić information content (AvgIpc) is 2.52. The van der Waals surface area contributed by atoms with Crippen molar-refractivity contribution in [2.24, 2.45) is 7.05 Å². The van der Waals surface area contributed by atoms with Crippen LogP contribution in [0.1, 0.15) is 18.2 Å². The molecule has 1 atom stereocenters. The fourth-order valence-electron chi connectivity index (χ4n) is 1.38. The largest absolute Gasteiger partial charge is 0.312 e. The van der Waals surface area contributed by atoms with Crippen molar-refractivity contribution in [2.45, 2.75) is 20.4 Å². The molecular weight excluding hydrogens is 210 g/mol. The molecule has 0 aliphatic heterocycles. The lowest BCUT2D eigenvalue weighted by molar-refractivity contribution is 0.673. The van der Waals surface area contributed by atoms with E-state index in [4.69, 9.17) is 0 Å². The molecule has 0 bridgehead atoms. The normalized spacial score (nSPS) is 13.0. The Labute approximate surface area is 93.5 Å². The van der Waals surface area contributed by atoms with Crippen LogP contribution < -0.4 is 5.32 Å². The van der Waals surface area contributed by atoms with Gasteiger partial charge in [-0.05, 0) is 6.92 Å². The number of hydrogen-bond donors (Lipinski definition) is 1. The quantitative estimate of drug-likeness (QED) is 0.726. The van der Waals surface area contributed by atoms with Crippen molar-refractivity contribution >= 4 is 10.8 Å². The van der Waals surface area contributed by atoms with Gasteiger partial charge in [0.15, 0.2) is 0 Å². The Hall–Kier alpha value is -0.680. The van der Waals surface area contributed by atoms with Gasteiger partial charge in [-0.1, -0.05) is 6.92 Å². The minimum atomic E-state index is -0.668. The summed E-state index contributed by atoms with van der Waals surface area (Å²) < 4.78 is 13.0. The van der Waals surface area contributed by atoms with Crippen LogP contribution in [0.5, 0.6) is 0 Å². The lowest BCUT2D eigenvalue weighted by atomic mass is 10.3. The molecule has 15 heavy (non-hydrogen) atoms. The van der Waals surface area contributed by atoms with Gasteiger partial charge in [-0.3, -0.25) is 8.89 Å². The molecule has 0 aliphatic rings. The average molecular weight is 229 g/mol. The van der Waals surface area contributed by atoms with Crippen LogP contribution in [-0.4, -0.2) is 32.0 Å². The van der Waals surface area contributed by atoms with Crippen molar-refractivity contribution in [1.29, 1.82) is 0 Å². The maximum absolute atomic E-state index is 11.1. The van der Waals surface area contributed by atoms with Crippen LogP contribution in [0, 0.1) is 6.92 Å². The SMILES string of the molecule is CCS(=O)CCNCc1cn(C)nc1C. The van der Waals surface area contributed by atoms with Gasteiger partial charge in [-0.25, -0.2) is 0 Å². The zero-order chi connectivity index (χ0) is 11.3. The third kappa shape index (κ3) is 4.13. The Balaban J connectivity index is 2.26. The van der Waals surface area contributed by atoms with Crippen LogP contribution in [0.25, 0.3) is 0 Å². The number of nitrogens with one attached hydrogen (secondary N) is 1. The van der Waals surface area contributed by atoms with E-state index in [-0.39, 0.29) is 0 Å². The first-order chi connectivity index (χ1) is 7.13. The Morgan fingerprint density at radius 3 is 2.87 bits per heavy atom. The van der Waals surface area contributed by atoms with Gasteiger partial charge in [0.2, 0.25) is 0 Å². The Morgan fingerprint density at radius 1 is 1.60 bits per heavy atom. The van der Waals surface area contributed by atoms with Crippen molar-refractivity contribution < 1.29 is 4.21 Å². The molecule has 0 aromatic carbocycles. The van der Waals surface area contributed by atoms with E-state index >= 15 is 0 Å². The molecule has 4 nitrogen and oxygen atoms in total. The standard InChI is InChI=1S/C10H19N3OS/c1-4-15(14)6-5-11-7-10-8-13(3)12-9(10)2/h8,11H,4-7H2,1-3H3. The smallest absolute Gasteiger partial charge is 0.0638 e. The Bertz CT molecular complexity index is 335. The number of nitrogens with zero attached hydrogens (tertiary/aromatic N) is 2. The van der Waals surface area contributed by atoms with Gasteiger partial charge in [-0.2, -0.15) is 5.10 Å². The van der Waals surface area contributed by atoms with E-state index in [2.05, 4.69) is 10.4 Å². The number of hydrogen-bond acceptors (Lipinski definition) is 3. The topological polar surface area (TPSA) is 46.9 Å². The molecule has 0 aliphatic carbocycles. The molecule has 0 fully saturated rings. The highest BCUT2D eigenvalue weighted by molar-refractivity contribution is 7.84. The summed E-state index contributed by atoms with van der Waals surface area (Å²) in [6.45, 7) is 5.55. The highest BCUT2D eigenvalue weighted by Gasteiger charge is 2.02. The summed E-state index contributed by atoms with van der Waals surface area (Å²) in [7, 11) is 1.25. The second kappa shape index (κ2) is 6.02. The van der Waals surface area contributed by atoms with Gasteiger partial charge in [0.1, 0.15) is 0 Å². The molecule has 1 N–H and O–H groups in total. The third-order valence-electron chi connectivity index (χ3n) is 2.26. The van der Waals surface area contributed by atoms with E-state index in [1.54, 1.807) is 0 Å². The molecule has 86 valence electrons. The summed E-state index contributed by atoms with van der Waals surface area (Å²) in [5.74, 6) is 1.48. The zero-order valence-electron chi connectivity index (χ0n) is 9.62. The van der Waals surface area contributed by atoms with Gasteiger partial charge >= 0.3 is 0 Å². The van der Waals surface area contributed by atoms with Crippen molar-refractivity contribution in [3.05, 3.63) is 17.5 Å². The molecule has 1 aromatic rings. The fourth-order valence-corrected chi connectivity index (χ4v) is 2.04. The monoisotopic (exact) mass is 229 g/mol. The molecule has 1 heterocycles. The molecule has 0 amide bonds. The molecule has 1 aromatic heterocycles. The number of rotatable bonds is 6. The predicted octanol–water partition coefficient (Wildman–Crippen LogP) is 0.587. The first-order valence-corrected chi connectivity index (χ1v) is 6.67.